The molecule has 0 aromatic rings. The van der Waals surface area contributed by atoms with Gasteiger partial charge in [-0.05, 0) is 26.2 Å². The summed E-state index contributed by atoms with van der Waals surface area (Å²) in [6.45, 7) is 1.81. The lowest BCUT2D eigenvalue weighted by Crippen LogP contribution is -2.40. The van der Waals surface area contributed by atoms with E-state index in [9.17, 15) is 5.11 Å². The highest BCUT2D eigenvalue weighted by Gasteiger charge is 2.33. The lowest BCUT2D eigenvalue weighted by molar-refractivity contribution is 0.0518. The van der Waals surface area contributed by atoms with Gasteiger partial charge in [0.15, 0.2) is 0 Å². The fraction of sp³-hybridized carbons (Fsp3) is 1.00. The normalized spacial score (nSPS) is 42.3. The van der Waals surface area contributed by atoms with E-state index in [1.165, 1.54) is 0 Å². The molecule has 1 unspecified atom stereocenters. The van der Waals surface area contributed by atoms with Gasteiger partial charge in [-0.2, -0.15) is 0 Å². The van der Waals surface area contributed by atoms with Crippen molar-refractivity contribution in [2.24, 2.45) is 5.73 Å². The Kier molecular flexibility index (Phi) is 2.93. The van der Waals surface area contributed by atoms with Gasteiger partial charge in [-0.25, -0.2) is 0 Å². The first-order valence-electron chi connectivity index (χ1n) is 3.11. The Morgan fingerprint density at radius 1 is 1.67 bits per heavy atom. The Bertz CT molecular complexity index is 95.1. The first-order chi connectivity index (χ1) is 3.63. The van der Waals surface area contributed by atoms with Crippen LogP contribution in [0.3, 0.4) is 0 Å². The molecule has 0 heterocycles. The van der Waals surface area contributed by atoms with Crippen molar-refractivity contribution in [2.45, 2.75) is 37.8 Å². The molecular formula is C6H14ClNO. The molecule has 0 saturated heterocycles. The minimum absolute atomic E-state index is 0. The third-order valence-corrected chi connectivity index (χ3v) is 2.00. The molecule has 3 heteroatoms. The van der Waals surface area contributed by atoms with Crippen molar-refractivity contribution in [3.63, 3.8) is 0 Å². The standard InChI is InChI=1S/C6H13NO.ClH/c1-6(8)4-2-3-5(6)7;/h5,8H,2-4,7H2,1H3;1H/t5?,6-;/m1./s1. The fourth-order valence-electron chi connectivity index (χ4n) is 1.18. The highest BCUT2D eigenvalue weighted by molar-refractivity contribution is 5.85. The van der Waals surface area contributed by atoms with Crippen LogP contribution in [-0.4, -0.2) is 16.7 Å². The summed E-state index contributed by atoms with van der Waals surface area (Å²) in [5.74, 6) is 0. The van der Waals surface area contributed by atoms with E-state index in [1.54, 1.807) is 0 Å². The van der Waals surface area contributed by atoms with Gasteiger partial charge >= 0.3 is 0 Å². The van der Waals surface area contributed by atoms with Gasteiger partial charge in [0.2, 0.25) is 0 Å². The Balaban J connectivity index is 0.000000640. The average molecular weight is 152 g/mol. The van der Waals surface area contributed by atoms with E-state index in [-0.39, 0.29) is 18.4 Å². The smallest absolute Gasteiger partial charge is 0.0769 e. The van der Waals surface area contributed by atoms with Gasteiger partial charge in [-0.1, -0.05) is 0 Å². The molecule has 0 aromatic heterocycles. The molecule has 3 N–H and O–H groups in total. The van der Waals surface area contributed by atoms with Gasteiger partial charge in [-0.15, -0.1) is 12.4 Å². The highest BCUT2D eigenvalue weighted by atomic mass is 35.5. The summed E-state index contributed by atoms with van der Waals surface area (Å²) in [5.41, 5.74) is 4.99. The molecule has 9 heavy (non-hydrogen) atoms. The number of rotatable bonds is 0. The Morgan fingerprint density at radius 2 is 2.22 bits per heavy atom. The SMILES string of the molecule is C[C@@]1(O)CCCC1N.Cl. The molecule has 1 rings (SSSR count). The van der Waals surface area contributed by atoms with Crippen molar-refractivity contribution in [2.75, 3.05) is 0 Å². The predicted octanol–water partition coefficient (Wildman–Crippen LogP) is 0.670. The minimum atomic E-state index is -0.569. The van der Waals surface area contributed by atoms with E-state index in [2.05, 4.69) is 0 Å². The zero-order valence-corrected chi connectivity index (χ0v) is 6.45. The predicted molar refractivity (Wildman–Crippen MR) is 39.7 cm³/mol. The molecule has 1 aliphatic rings. The zero-order valence-electron chi connectivity index (χ0n) is 5.63. The number of nitrogens with two attached hydrogens (primary N) is 1. The van der Waals surface area contributed by atoms with Crippen LogP contribution in [0.2, 0.25) is 0 Å². The molecule has 0 spiro atoms. The average Bonchev–Trinajstić information content (AvgIpc) is 1.86. The maximum absolute atomic E-state index is 9.34. The van der Waals surface area contributed by atoms with E-state index in [0.29, 0.717) is 0 Å². The van der Waals surface area contributed by atoms with Crippen molar-refractivity contribution in [3.05, 3.63) is 0 Å². The molecule has 0 aromatic carbocycles. The molecule has 0 bridgehead atoms. The van der Waals surface area contributed by atoms with Crippen LogP contribution in [0.25, 0.3) is 0 Å². The van der Waals surface area contributed by atoms with E-state index >= 15 is 0 Å². The Labute approximate surface area is 61.8 Å². The van der Waals surface area contributed by atoms with E-state index < -0.39 is 5.60 Å². The molecule has 0 aliphatic heterocycles. The second-order valence-electron chi connectivity index (χ2n) is 2.86. The van der Waals surface area contributed by atoms with Gasteiger partial charge in [0, 0.05) is 6.04 Å². The first kappa shape index (κ1) is 9.21. The number of aliphatic hydroxyl groups is 1. The van der Waals surface area contributed by atoms with Crippen LogP contribution in [-0.2, 0) is 0 Å². The van der Waals surface area contributed by atoms with Crippen LogP contribution in [0.15, 0.2) is 0 Å². The fourth-order valence-corrected chi connectivity index (χ4v) is 1.18. The van der Waals surface area contributed by atoms with Crippen molar-refractivity contribution in [1.29, 1.82) is 0 Å². The lowest BCUT2D eigenvalue weighted by Gasteiger charge is -2.20. The third-order valence-electron chi connectivity index (χ3n) is 2.00. The number of halogens is 1. The summed E-state index contributed by atoms with van der Waals surface area (Å²) in [7, 11) is 0. The lowest BCUT2D eigenvalue weighted by atomic mass is 10.0. The van der Waals surface area contributed by atoms with Crippen LogP contribution < -0.4 is 5.73 Å². The summed E-state index contributed by atoms with van der Waals surface area (Å²) in [6.07, 6.45) is 2.93. The third kappa shape index (κ3) is 1.81. The highest BCUT2D eigenvalue weighted by Crippen LogP contribution is 2.27. The molecule has 1 saturated carbocycles. The Morgan fingerprint density at radius 3 is 2.33 bits per heavy atom. The summed E-state index contributed by atoms with van der Waals surface area (Å²) in [5, 5.41) is 9.34. The number of hydrogen-bond acceptors (Lipinski definition) is 2. The maximum Gasteiger partial charge on any atom is 0.0769 e. The zero-order chi connectivity index (χ0) is 6.20. The van der Waals surface area contributed by atoms with Crippen LogP contribution in [0.1, 0.15) is 26.2 Å². The molecule has 1 fully saturated rings. The summed E-state index contributed by atoms with van der Waals surface area (Å²) in [6, 6.07) is 0.0162. The molecule has 56 valence electrons. The molecule has 1 aliphatic carbocycles. The molecule has 2 atom stereocenters. The minimum Gasteiger partial charge on any atom is -0.389 e. The van der Waals surface area contributed by atoms with E-state index in [1.807, 2.05) is 6.92 Å². The van der Waals surface area contributed by atoms with Crippen molar-refractivity contribution in [1.82, 2.24) is 0 Å². The summed E-state index contributed by atoms with van der Waals surface area (Å²) in [4.78, 5) is 0. The maximum atomic E-state index is 9.34. The topological polar surface area (TPSA) is 46.2 Å². The first-order valence-corrected chi connectivity index (χ1v) is 3.11. The van der Waals surface area contributed by atoms with Gasteiger partial charge in [0.25, 0.3) is 0 Å². The summed E-state index contributed by atoms with van der Waals surface area (Å²) >= 11 is 0. The number of hydrogen-bond donors (Lipinski definition) is 2. The molecular weight excluding hydrogens is 138 g/mol. The van der Waals surface area contributed by atoms with E-state index in [0.717, 1.165) is 19.3 Å². The molecule has 0 amide bonds. The van der Waals surface area contributed by atoms with E-state index in [4.69, 9.17) is 5.73 Å². The largest absolute Gasteiger partial charge is 0.389 e. The van der Waals surface area contributed by atoms with Crippen molar-refractivity contribution >= 4 is 12.4 Å². The van der Waals surface area contributed by atoms with Crippen molar-refractivity contribution < 1.29 is 5.11 Å². The van der Waals surface area contributed by atoms with Crippen LogP contribution in [0.5, 0.6) is 0 Å². The quantitative estimate of drug-likeness (QED) is 0.535. The van der Waals surface area contributed by atoms with Gasteiger partial charge in [-0.3, -0.25) is 0 Å². The summed E-state index contributed by atoms with van der Waals surface area (Å²) < 4.78 is 0. The molecule has 2 nitrogen and oxygen atoms in total. The van der Waals surface area contributed by atoms with Crippen LogP contribution in [0.4, 0.5) is 0 Å². The van der Waals surface area contributed by atoms with Gasteiger partial charge in [0.1, 0.15) is 0 Å². The van der Waals surface area contributed by atoms with Crippen LogP contribution >= 0.6 is 12.4 Å². The monoisotopic (exact) mass is 151 g/mol. The second kappa shape index (κ2) is 2.86. The van der Waals surface area contributed by atoms with Gasteiger partial charge in [0.05, 0.1) is 5.60 Å². The van der Waals surface area contributed by atoms with Crippen LogP contribution in [0, 0.1) is 0 Å². The van der Waals surface area contributed by atoms with Crippen molar-refractivity contribution in [3.8, 4) is 0 Å². The Hall–Kier alpha value is 0.210. The molecule has 0 radical (unpaired) electrons. The second-order valence-corrected chi connectivity index (χ2v) is 2.86. The van der Waals surface area contributed by atoms with Gasteiger partial charge < -0.3 is 10.8 Å².